The van der Waals surface area contributed by atoms with E-state index in [1.165, 1.54) is 30.2 Å². The summed E-state index contributed by atoms with van der Waals surface area (Å²) in [6.45, 7) is 3.40. The molecular formula is C24H28N2O2S. The predicted octanol–water partition coefficient (Wildman–Crippen LogP) is 4.47. The number of amides is 2. The van der Waals surface area contributed by atoms with Crippen molar-refractivity contribution in [3.05, 3.63) is 65.7 Å². The number of benzene rings is 2. The van der Waals surface area contributed by atoms with Crippen molar-refractivity contribution >= 4 is 23.6 Å². The molecule has 0 aliphatic carbocycles. The average Bonchev–Trinajstić information content (AvgIpc) is 2.88. The van der Waals surface area contributed by atoms with E-state index >= 15 is 0 Å². The minimum Gasteiger partial charge on any atom is -0.303 e. The summed E-state index contributed by atoms with van der Waals surface area (Å²) in [6, 6.07) is 18.3. The summed E-state index contributed by atoms with van der Waals surface area (Å²) in [4.78, 5) is 28.0. The van der Waals surface area contributed by atoms with Crippen molar-refractivity contribution < 1.29 is 9.59 Å². The first-order valence-electron chi connectivity index (χ1n) is 10.6. The molecule has 1 atom stereocenters. The molecule has 2 amide bonds. The SMILES string of the molecule is O=C1NC(=O)C(CCCCN2CCC(c3ccccc3)CC2)Sc2ccccc21. The van der Waals surface area contributed by atoms with E-state index in [9.17, 15) is 9.59 Å². The summed E-state index contributed by atoms with van der Waals surface area (Å²) in [5.74, 6) is 0.262. The van der Waals surface area contributed by atoms with Crippen molar-refractivity contribution in [3.8, 4) is 0 Å². The van der Waals surface area contributed by atoms with Gasteiger partial charge in [-0.1, -0.05) is 48.9 Å². The highest BCUT2D eigenvalue weighted by Gasteiger charge is 2.28. The zero-order valence-corrected chi connectivity index (χ0v) is 17.5. The molecule has 5 heteroatoms. The van der Waals surface area contributed by atoms with Gasteiger partial charge in [-0.15, -0.1) is 11.8 Å². The van der Waals surface area contributed by atoms with Crippen LogP contribution in [-0.4, -0.2) is 41.6 Å². The van der Waals surface area contributed by atoms with Gasteiger partial charge in [-0.3, -0.25) is 14.9 Å². The fourth-order valence-corrected chi connectivity index (χ4v) is 5.50. The molecule has 1 unspecified atom stereocenters. The number of piperidine rings is 1. The summed E-state index contributed by atoms with van der Waals surface area (Å²) in [5, 5.41) is 2.36. The topological polar surface area (TPSA) is 49.4 Å². The number of nitrogens with one attached hydrogen (secondary N) is 1. The lowest BCUT2D eigenvalue weighted by Gasteiger charge is -2.32. The molecule has 0 saturated carbocycles. The molecule has 0 radical (unpaired) electrons. The third-order valence-corrected chi connectivity index (χ3v) is 7.32. The molecule has 2 heterocycles. The largest absolute Gasteiger partial charge is 0.303 e. The maximum absolute atomic E-state index is 12.4. The Labute approximate surface area is 177 Å². The standard InChI is InChI=1S/C24H28N2O2S/c27-23-20-10-4-5-11-21(20)29-22(24(28)25-23)12-6-7-15-26-16-13-19(14-17-26)18-8-2-1-3-9-18/h1-5,8-11,19,22H,6-7,12-17H2,(H,25,27,28). The van der Waals surface area contributed by atoms with Gasteiger partial charge in [-0.05, 0) is 68.9 Å². The Morgan fingerprint density at radius 1 is 0.931 bits per heavy atom. The zero-order valence-electron chi connectivity index (χ0n) is 16.7. The Hall–Kier alpha value is -2.11. The molecular weight excluding hydrogens is 380 g/mol. The van der Waals surface area contributed by atoms with Gasteiger partial charge in [0.2, 0.25) is 5.91 Å². The van der Waals surface area contributed by atoms with Crippen LogP contribution in [0.5, 0.6) is 0 Å². The monoisotopic (exact) mass is 408 g/mol. The van der Waals surface area contributed by atoms with Crippen LogP contribution in [0.3, 0.4) is 0 Å². The number of likely N-dealkylation sites (tertiary alicyclic amines) is 1. The van der Waals surface area contributed by atoms with Crippen LogP contribution in [-0.2, 0) is 4.79 Å². The molecule has 2 aliphatic rings. The molecule has 1 fully saturated rings. The lowest BCUT2D eigenvalue weighted by Crippen LogP contribution is -2.35. The molecule has 152 valence electrons. The molecule has 1 saturated heterocycles. The zero-order chi connectivity index (χ0) is 20.1. The van der Waals surface area contributed by atoms with Crippen molar-refractivity contribution in [2.75, 3.05) is 19.6 Å². The van der Waals surface area contributed by atoms with Crippen molar-refractivity contribution in [2.24, 2.45) is 0 Å². The van der Waals surface area contributed by atoms with Gasteiger partial charge in [0.05, 0.1) is 10.8 Å². The maximum atomic E-state index is 12.4. The van der Waals surface area contributed by atoms with Crippen LogP contribution < -0.4 is 5.32 Å². The number of fused-ring (bicyclic) bond motifs is 1. The summed E-state index contributed by atoms with van der Waals surface area (Å²) < 4.78 is 0. The van der Waals surface area contributed by atoms with Crippen LogP contribution in [0.15, 0.2) is 59.5 Å². The Bertz CT molecular complexity index is 847. The van der Waals surface area contributed by atoms with Gasteiger partial charge in [0.1, 0.15) is 0 Å². The molecule has 0 spiro atoms. The number of nitrogens with zero attached hydrogens (tertiary/aromatic N) is 1. The van der Waals surface area contributed by atoms with Crippen LogP contribution in [0.4, 0.5) is 0 Å². The highest BCUT2D eigenvalue weighted by Crippen LogP contribution is 2.32. The molecule has 2 aliphatic heterocycles. The van der Waals surface area contributed by atoms with Gasteiger partial charge in [0, 0.05) is 4.90 Å². The number of hydrogen-bond donors (Lipinski definition) is 1. The fraction of sp³-hybridized carbons (Fsp3) is 0.417. The van der Waals surface area contributed by atoms with Gasteiger partial charge < -0.3 is 4.90 Å². The van der Waals surface area contributed by atoms with Crippen LogP contribution >= 0.6 is 11.8 Å². The van der Waals surface area contributed by atoms with Crippen LogP contribution in [0.2, 0.25) is 0 Å². The number of carbonyl (C=O) groups is 2. The first-order chi connectivity index (χ1) is 14.2. The summed E-state index contributed by atoms with van der Waals surface area (Å²) in [7, 11) is 0. The fourth-order valence-electron chi connectivity index (χ4n) is 4.29. The molecule has 0 bridgehead atoms. The Morgan fingerprint density at radius 2 is 1.66 bits per heavy atom. The number of imide groups is 1. The number of thioether (sulfide) groups is 1. The normalized spacial score (nSPS) is 20.8. The van der Waals surface area contributed by atoms with Crippen molar-refractivity contribution in [2.45, 2.75) is 48.2 Å². The van der Waals surface area contributed by atoms with Crippen molar-refractivity contribution in [1.82, 2.24) is 10.2 Å². The third kappa shape index (κ3) is 5.09. The van der Waals surface area contributed by atoms with E-state index in [-0.39, 0.29) is 17.1 Å². The number of unbranched alkanes of at least 4 members (excludes halogenated alkanes) is 1. The first-order valence-corrected chi connectivity index (χ1v) is 11.5. The minimum absolute atomic E-state index is 0.153. The smallest absolute Gasteiger partial charge is 0.259 e. The highest BCUT2D eigenvalue weighted by atomic mass is 32.2. The van der Waals surface area contributed by atoms with E-state index in [0.717, 1.165) is 43.8 Å². The Balaban J connectivity index is 1.21. The van der Waals surface area contributed by atoms with Crippen LogP contribution in [0, 0.1) is 0 Å². The molecule has 0 aromatic heterocycles. The van der Waals surface area contributed by atoms with Gasteiger partial charge in [0.25, 0.3) is 5.91 Å². The van der Waals surface area contributed by atoms with Gasteiger partial charge in [-0.25, -0.2) is 0 Å². The Kier molecular flexibility index (Phi) is 6.67. The number of hydrogen-bond acceptors (Lipinski definition) is 4. The second-order valence-corrected chi connectivity index (χ2v) is 9.19. The van der Waals surface area contributed by atoms with E-state index in [4.69, 9.17) is 0 Å². The van der Waals surface area contributed by atoms with Gasteiger partial charge in [0.15, 0.2) is 0 Å². The van der Waals surface area contributed by atoms with Crippen LogP contribution in [0.25, 0.3) is 0 Å². The lowest BCUT2D eigenvalue weighted by molar-refractivity contribution is -0.119. The summed E-state index contributed by atoms with van der Waals surface area (Å²) in [5.41, 5.74) is 2.08. The molecule has 2 aromatic rings. The Morgan fingerprint density at radius 3 is 2.45 bits per heavy atom. The molecule has 4 rings (SSSR count). The highest BCUT2D eigenvalue weighted by molar-refractivity contribution is 8.00. The van der Waals surface area contributed by atoms with E-state index in [1.807, 2.05) is 18.2 Å². The van der Waals surface area contributed by atoms with E-state index in [0.29, 0.717) is 11.5 Å². The van der Waals surface area contributed by atoms with E-state index in [1.54, 1.807) is 6.07 Å². The van der Waals surface area contributed by atoms with Crippen LogP contribution in [0.1, 0.15) is 53.9 Å². The third-order valence-electron chi connectivity index (χ3n) is 5.98. The lowest BCUT2D eigenvalue weighted by atomic mass is 9.89. The maximum Gasteiger partial charge on any atom is 0.259 e. The predicted molar refractivity (Wildman–Crippen MR) is 117 cm³/mol. The van der Waals surface area contributed by atoms with E-state index in [2.05, 4.69) is 40.5 Å². The number of rotatable bonds is 6. The molecule has 4 nitrogen and oxygen atoms in total. The molecule has 2 aromatic carbocycles. The second kappa shape index (κ2) is 9.59. The second-order valence-electron chi connectivity index (χ2n) is 7.94. The summed E-state index contributed by atoms with van der Waals surface area (Å²) in [6.07, 6.45) is 5.35. The first kappa shape index (κ1) is 20.2. The van der Waals surface area contributed by atoms with Crippen molar-refractivity contribution in [3.63, 3.8) is 0 Å². The number of carbonyl (C=O) groups excluding carboxylic acids is 2. The van der Waals surface area contributed by atoms with E-state index < -0.39 is 0 Å². The molecule has 1 N–H and O–H groups in total. The van der Waals surface area contributed by atoms with Crippen molar-refractivity contribution in [1.29, 1.82) is 0 Å². The quantitative estimate of drug-likeness (QED) is 0.566. The average molecular weight is 409 g/mol. The minimum atomic E-state index is -0.276. The summed E-state index contributed by atoms with van der Waals surface area (Å²) >= 11 is 1.53. The molecule has 29 heavy (non-hydrogen) atoms. The van der Waals surface area contributed by atoms with Gasteiger partial charge in [-0.2, -0.15) is 0 Å². The van der Waals surface area contributed by atoms with Gasteiger partial charge >= 0.3 is 0 Å².